The second kappa shape index (κ2) is 3.56. The maximum atomic E-state index is 10.6. The molecule has 0 bridgehead atoms. The van der Waals surface area contributed by atoms with Crippen LogP contribution in [-0.4, -0.2) is 22.2 Å². The highest BCUT2D eigenvalue weighted by Gasteiger charge is 2.32. The van der Waals surface area contributed by atoms with Gasteiger partial charge < -0.3 is 10.2 Å². The van der Waals surface area contributed by atoms with Gasteiger partial charge in [-0.15, -0.1) is 0 Å². The summed E-state index contributed by atoms with van der Waals surface area (Å²) in [4.78, 5) is 20.9. The standard InChI is InChI=1S/C8H14O4/c1-8(2,3)5(7(11)12)4-6(9)10/h5H,4H2,1-3H3,(H,9,10)(H,11,12)/t5-/m1/s1. The van der Waals surface area contributed by atoms with Gasteiger partial charge in [0.05, 0.1) is 12.3 Å². The van der Waals surface area contributed by atoms with E-state index in [0.29, 0.717) is 0 Å². The molecule has 0 amide bonds. The molecule has 4 nitrogen and oxygen atoms in total. The summed E-state index contributed by atoms with van der Waals surface area (Å²) in [6.45, 7) is 5.15. The summed E-state index contributed by atoms with van der Waals surface area (Å²) in [5.74, 6) is -2.95. The fourth-order valence-electron chi connectivity index (χ4n) is 0.939. The largest absolute Gasteiger partial charge is 0.481 e. The first-order valence-corrected chi connectivity index (χ1v) is 3.69. The van der Waals surface area contributed by atoms with Crippen molar-refractivity contribution in [2.45, 2.75) is 27.2 Å². The topological polar surface area (TPSA) is 74.6 Å². The lowest BCUT2D eigenvalue weighted by Gasteiger charge is -2.25. The Kier molecular flexibility index (Phi) is 3.24. The molecule has 0 aliphatic carbocycles. The zero-order chi connectivity index (χ0) is 9.94. The molecule has 0 radical (unpaired) electrons. The van der Waals surface area contributed by atoms with E-state index in [1.807, 2.05) is 0 Å². The molecule has 0 rings (SSSR count). The molecule has 0 saturated carbocycles. The Morgan fingerprint density at radius 1 is 1.25 bits per heavy atom. The number of rotatable bonds is 3. The smallest absolute Gasteiger partial charge is 0.307 e. The first-order chi connectivity index (χ1) is 5.25. The number of hydrogen-bond acceptors (Lipinski definition) is 2. The van der Waals surface area contributed by atoms with Crippen LogP contribution in [0.5, 0.6) is 0 Å². The highest BCUT2D eigenvalue weighted by Crippen LogP contribution is 2.28. The highest BCUT2D eigenvalue weighted by molar-refractivity contribution is 5.78. The second-order valence-corrected chi connectivity index (χ2v) is 3.85. The minimum absolute atomic E-state index is 0.321. The van der Waals surface area contributed by atoms with Crippen molar-refractivity contribution in [1.82, 2.24) is 0 Å². The monoisotopic (exact) mass is 174 g/mol. The van der Waals surface area contributed by atoms with E-state index < -0.39 is 23.3 Å². The Labute approximate surface area is 71.2 Å². The Bertz CT molecular complexity index is 190. The molecule has 0 aromatic heterocycles. The number of carboxylic acid groups (broad SMARTS) is 2. The highest BCUT2D eigenvalue weighted by atomic mass is 16.4. The van der Waals surface area contributed by atoms with E-state index in [2.05, 4.69) is 0 Å². The van der Waals surface area contributed by atoms with Crippen molar-refractivity contribution in [3.63, 3.8) is 0 Å². The van der Waals surface area contributed by atoms with Crippen molar-refractivity contribution >= 4 is 11.9 Å². The van der Waals surface area contributed by atoms with Gasteiger partial charge in [-0.05, 0) is 5.41 Å². The molecule has 0 fully saturated rings. The van der Waals surface area contributed by atoms with Gasteiger partial charge in [-0.1, -0.05) is 20.8 Å². The van der Waals surface area contributed by atoms with Gasteiger partial charge in [0, 0.05) is 0 Å². The summed E-state index contributed by atoms with van der Waals surface area (Å²) in [5.41, 5.74) is -0.510. The SMILES string of the molecule is CC(C)(C)[C@H](CC(=O)O)C(=O)O. The zero-order valence-corrected chi connectivity index (χ0v) is 7.50. The van der Waals surface area contributed by atoms with Crippen LogP contribution in [-0.2, 0) is 9.59 Å². The van der Waals surface area contributed by atoms with Crippen LogP contribution >= 0.6 is 0 Å². The van der Waals surface area contributed by atoms with Crippen molar-refractivity contribution in [2.75, 3.05) is 0 Å². The predicted molar refractivity (Wildman–Crippen MR) is 42.8 cm³/mol. The summed E-state index contributed by atoms with van der Waals surface area (Å²) in [7, 11) is 0. The fourth-order valence-corrected chi connectivity index (χ4v) is 0.939. The van der Waals surface area contributed by atoms with Crippen LogP contribution in [0.25, 0.3) is 0 Å². The third-order valence-electron chi connectivity index (χ3n) is 1.72. The molecule has 0 heterocycles. The zero-order valence-electron chi connectivity index (χ0n) is 7.50. The maximum absolute atomic E-state index is 10.6. The van der Waals surface area contributed by atoms with Crippen LogP contribution in [0.15, 0.2) is 0 Å². The van der Waals surface area contributed by atoms with Crippen LogP contribution < -0.4 is 0 Å². The van der Waals surface area contributed by atoms with Crippen molar-refractivity contribution in [1.29, 1.82) is 0 Å². The van der Waals surface area contributed by atoms with Crippen LogP contribution in [0.3, 0.4) is 0 Å². The molecule has 1 atom stereocenters. The van der Waals surface area contributed by atoms with Gasteiger partial charge in [0.1, 0.15) is 0 Å². The number of aliphatic carboxylic acids is 2. The van der Waals surface area contributed by atoms with E-state index >= 15 is 0 Å². The molecule has 0 aliphatic rings. The lowest BCUT2D eigenvalue weighted by atomic mass is 9.79. The van der Waals surface area contributed by atoms with Crippen molar-refractivity contribution in [3.8, 4) is 0 Å². The van der Waals surface area contributed by atoms with Crippen LogP contribution in [0.2, 0.25) is 0 Å². The summed E-state index contributed by atoms with van der Waals surface area (Å²) >= 11 is 0. The minimum atomic E-state index is -1.07. The number of carboxylic acids is 2. The first-order valence-electron chi connectivity index (χ1n) is 3.69. The third kappa shape index (κ3) is 3.37. The molecule has 0 spiro atoms. The van der Waals surface area contributed by atoms with E-state index in [1.54, 1.807) is 20.8 Å². The summed E-state index contributed by atoms with van der Waals surface area (Å²) in [6.07, 6.45) is -0.321. The average molecular weight is 174 g/mol. The first kappa shape index (κ1) is 10.9. The Morgan fingerprint density at radius 3 is 1.75 bits per heavy atom. The lowest BCUT2D eigenvalue weighted by Crippen LogP contribution is -2.30. The molecule has 4 heteroatoms. The third-order valence-corrected chi connectivity index (χ3v) is 1.72. The van der Waals surface area contributed by atoms with Gasteiger partial charge >= 0.3 is 11.9 Å². The number of hydrogen-bond donors (Lipinski definition) is 2. The van der Waals surface area contributed by atoms with Crippen LogP contribution in [0, 0.1) is 11.3 Å². The molecule has 0 aromatic rings. The predicted octanol–water partition coefficient (Wildman–Crippen LogP) is 1.21. The van der Waals surface area contributed by atoms with Gasteiger partial charge in [0.15, 0.2) is 0 Å². The molecule has 0 saturated heterocycles. The molecule has 2 N–H and O–H groups in total. The van der Waals surface area contributed by atoms with Crippen molar-refractivity contribution in [2.24, 2.45) is 11.3 Å². The molecule has 0 unspecified atom stereocenters. The molecular weight excluding hydrogens is 160 g/mol. The molecule has 0 aromatic carbocycles. The van der Waals surface area contributed by atoms with E-state index in [9.17, 15) is 9.59 Å². The lowest BCUT2D eigenvalue weighted by molar-refractivity contribution is -0.152. The second-order valence-electron chi connectivity index (χ2n) is 3.85. The normalized spacial score (nSPS) is 13.9. The Hall–Kier alpha value is -1.06. The molecule has 70 valence electrons. The van der Waals surface area contributed by atoms with Gasteiger partial charge in [0.2, 0.25) is 0 Å². The molecule has 0 aliphatic heterocycles. The molecule has 12 heavy (non-hydrogen) atoms. The summed E-state index contributed by atoms with van der Waals surface area (Å²) in [5, 5.41) is 17.1. The van der Waals surface area contributed by atoms with E-state index in [4.69, 9.17) is 10.2 Å². The summed E-state index contributed by atoms with van der Waals surface area (Å²) < 4.78 is 0. The number of carbonyl (C=O) groups is 2. The summed E-state index contributed by atoms with van der Waals surface area (Å²) in [6, 6.07) is 0. The van der Waals surface area contributed by atoms with Gasteiger partial charge in [-0.3, -0.25) is 9.59 Å². The Balaban J connectivity index is 4.46. The fraction of sp³-hybridized carbons (Fsp3) is 0.750. The van der Waals surface area contributed by atoms with E-state index in [1.165, 1.54) is 0 Å². The average Bonchev–Trinajstić information content (AvgIpc) is 1.79. The van der Waals surface area contributed by atoms with Gasteiger partial charge in [0.25, 0.3) is 0 Å². The van der Waals surface area contributed by atoms with E-state index in [-0.39, 0.29) is 6.42 Å². The minimum Gasteiger partial charge on any atom is -0.481 e. The maximum Gasteiger partial charge on any atom is 0.307 e. The van der Waals surface area contributed by atoms with Crippen molar-refractivity contribution in [3.05, 3.63) is 0 Å². The van der Waals surface area contributed by atoms with Crippen LogP contribution in [0.1, 0.15) is 27.2 Å². The quantitative estimate of drug-likeness (QED) is 0.674. The van der Waals surface area contributed by atoms with Gasteiger partial charge in [-0.25, -0.2) is 0 Å². The van der Waals surface area contributed by atoms with Crippen molar-refractivity contribution < 1.29 is 19.8 Å². The van der Waals surface area contributed by atoms with E-state index in [0.717, 1.165) is 0 Å². The van der Waals surface area contributed by atoms with Crippen LogP contribution in [0.4, 0.5) is 0 Å². The Morgan fingerprint density at radius 2 is 1.67 bits per heavy atom. The van der Waals surface area contributed by atoms with Gasteiger partial charge in [-0.2, -0.15) is 0 Å². The molecular formula is C8H14O4.